The fraction of sp³-hybridized carbons (Fsp3) is 0.560. The van der Waals surface area contributed by atoms with Crippen molar-refractivity contribution in [2.45, 2.75) is 40.0 Å². The standard InChI is InChI=1S/C25H37N5O4/c1-6-29(7-2)25(32)18-34-23-15-28(14-21-12-26-27(4)19(21)3)17-24(31)30(16-23)13-20-8-10-22(33-5)11-9-20/h8-12,23H,6-7,13-18H2,1-5H3. The van der Waals surface area contributed by atoms with Crippen molar-refractivity contribution in [1.29, 1.82) is 0 Å². The molecule has 0 saturated carbocycles. The van der Waals surface area contributed by atoms with Crippen LogP contribution in [0.4, 0.5) is 0 Å². The molecule has 9 heteroatoms. The number of hydrogen-bond acceptors (Lipinski definition) is 6. The molecule has 0 spiro atoms. The van der Waals surface area contributed by atoms with Gasteiger partial charge in [-0.1, -0.05) is 12.1 Å². The summed E-state index contributed by atoms with van der Waals surface area (Å²) in [6.45, 7) is 9.61. The van der Waals surface area contributed by atoms with E-state index in [1.807, 2.05) is 67.9 Å². The van der Waals surface area contributed by atoms with E-state index < -0.39 is 0 Å². The topological polar surface area (TPSA) is 80.1 Å². The first-order valence-corrected chi connectivity index (χ1v) is 11.8. The fourth-order valence-electron chi connectivity index (χ4n) is 4.18. The summed E-state index contributed by atoms with van der Waals surface area (Å²) < 4.78 is 13.2. The van der Waals surface area contributed by atoms with E-state index in [0.717, 1.165) is 22.6 Å². The van der Waals surface area contributed by atoms with E-state index in [-0.39, 0.29) is 31.1 Å². The fourth-order valence-corrected chi connectivity index (χ4v) is 4.18. The molecular formula is C25H37N5O4. The maximum Gasteiger partial charge on any atom is 0.248 e. The molecule has 1 aliphatic heterocycles. The van der Waals surface area contributed by atoms with Gasteiger partial charge in [-0.05, 0) is 38.5 Å². The van der Waals surface area contributed by atoms with Crippen LogP contribution >= 0.6 is 0 Å². The number of carbonyl (C=O) groups excluding carboxylic acids is 2. The van der Waals surface area contributed by atoms with Gasteiger partial charge >= 0.3 is 0 Å². The smallest absolute Gasteiger partial charge is 0.248 e. The van der Waals surface area contributed by atoms with Crippen molar-refractivity contribution in [3.05, 3.63) is 47.3 Å². The molecule has 0 aliphatic carbocycles. The van der Waals surface area contributed by atoms with Crippen LogP contribution < -0.4 is 4.74 Å². The van der Waals surface area contributed by atoms with Gasteiger partial charge in [-0.2, -0.15) is 5.10 Å². The lowest BCUT2D eigenvalue weighted by atomic mass is 10.2. The number of aryl methyl sites for hydroxylation is 1. The van der Waals surface area contributed by atoms with Crippen molar-refractivity contribution < 1.29 is 19.1 Å². The summed E-state index contributed by atoms with van der Waals surface area (Å²) in [5.74, 6) is 0.788. The molecule has 2 heterocycles. The highest BCUT2D eigenvalue weighted by atomic mass is 16.5. The highest BCUT2D eigenvalue weighted by molar-refractivity contribution is 5.79. The second-order valence-electron chi connectivity index (χ2n) is 8.67. The van der Waals surface area contributed by atoms with Crippen LogP contribution in [-0.4, -0.2) is 88.8 Å². The Bertz CT molecular complexity index is 955. The third-order valence-corrected chi connectivity index (χ3v) is 6.42. The summed E-state index contributed by atoms with van der Waals surface area (Å²) in [5, 5.41) is 4.33. The Labute approximate surface area is 202 Å². The van der Waals surface area contributed by atoms with Crippen LogP contribution in [0, 0.1) is 6.92 Å². The number of carbonyl (C=O) groups is 2. The first kappa shape index (κ1) is 25.7. The Morgan fingerprint density at radius 3 is 2.44 bits per heavy atom. The summed E-state index contributed by atoms with van der Waals surface area (Å²) in [4.78, 5) is 31.4. The van der Waals surface area contributed by atoms with E-state index in [9.17, 15) is 9.59 Å². The molecule has 2 aromatic rings. The van der Waals surface area contributed by atoms with Crippen LogP contribution in [0.2, 0.25) is 0 Å². The molecule has 1 fully saturated rings. The third kappa shape index (κ3) is 6.57. The maximum atomic E-state index is 13.2. The van der Waals surface area contributed by atoms with Crippen LogP contribution in [0.15, 0.2) is 30.5 Å². The number of likely N-dealkylation sites (N-methyl/N-ethyl adjacent to an activating group) is 1. The SMILES string of the molecule is CCN(CC)C(=O)COC1CN(Cc2cnn(C)c2C)CC(=O)N(Cc2ccc(OC)cc2)C1. The highest BCUT2D eigenvalue weighted by Gasteiger charge is 2.29. The molecule has 1 unspecified atom stereocenters. The molecule has 1 aliphatic rings. The van der Waals surface area contributed by atoms with Gasteiger partial charge in [0.15, 0.2) is 0 Å². The summed E-state index contributed by atoms with van der Waals surface area (Å²) in [6, 6.07) is 7.72. The first-order valence-electron chi connectivity index (χ1n) is 11.8. The molecule has 9 nitrogen and oxygen atoms in total. The van der Waals surface area contributed by atoms with Gasteiger partial charge in [0.2, 0.25) is 11.8 Å². The number of ether oxygens (including phenoxy) is 2. The van der Waals surface area contributed by atoms with Crippen LogP contribution in [0.25, 0.3) is 0 Å². The van der Waals surface area contributed by atoms with Crippen molar-refractivity contribution in [3.63, 3.8) is 0 Å². The van der Waals surface area contributed by atoms with Gasteiger partial charge in [-0.3, -0.25) is 19.2 Å². The molecule has 1 saturated heterocycles. The molecule has 1 aromatic carbocycles. The molecule has 1 atom stereocenters. The van der Waals surface area contributed by atoms with Gasteiger partial charge in [-0.25, -0.2) is 0 Å². The van der Waals surface area contributed by atoms with E-state index in [1.165, 1.54) is 0 Å². The molecule has 0 radical (unpaired) electrons. The number of methoxy groups -OCH3 is 1. The number of benzene rings is 1. The molecule has 34 heavy (non-hydrogen) atoms. The predicted molar refractivity (Wildman–Crippen MR) is 129 cm³/mol. The Morgan fingerprint density at radius 1 is 1.15 bits per heavy atom. The lowest BCUT2D eigenvalue weighted by Gasteiger charge is -2.26. The lowest BCUT2D eigenvalue weighted by Crippen LogP contribution is -2.40. The van der Waals surface area contributed by atoms with Crippen molar-refractivity contribution in [3.8, 4) is 5.75 Å². The summed E-state index contributed by atoms with van der Waals surface area (Å²) in [5.41, 5.74) is 3.17. The quantitative estimate of drug-likeness (QED) is 0.526. The Balaban J connectivity index is 1.74. The minimum absolute atomic E-state index is 0.0106. The maximum absolute atomic E-state index is 13.2. The van der Waals surface area contributed by atoms with E-state index in [4.69, 9.17) is 9.47 Å². The molecule has 3 rings (SSSR count). The average Bonchev–Trinajstić information content (AvgIpc) is 3.06. The zero-order chi connectivity index (χ0) is 24.7. The molecule has 0 bridgehead atoms. The number of hydrogen-bond donors (Lipinski definition) is 0. The summed E-state index contributed by atoms with van der Waals surface area (Å²) in [6.07, 6.45) is 1.57. The Morgan fingerprint density at radius 2 is 1.85 bits per heavy atom. The molecule has 1 aromatic heterocycles. The van der Waals surface area contributed by atoms with Gasteiger partial charge < -0.3 is 19.3 Å². The van der Waals surface area contributed by atoms with E-state index in [1.54, 1.807) is 12.0 Å². The van der Waals surface area contributed by atoms with Crippen molar-refractivity contribution >= 4 is 11.8 Å². The lowest BCUT2D eigenvalue weighted by molar-refractivity contribution is -0.138. The third-order valence-electron chi connectivity index (χ3n) is 6.42. The molecule has 186 valence electrons. The summed E-state index contributed by atoms with van der Waals surface area (Å²) in [7, 11) is 3.54. The van der Waals surface area contributed by atoms with Crippen LogP contribution in [0.3, 0.4) is 0 Å². The van der Waals surface area contributed by atoms with Crippen molar-refractivity contribution in [2.75, 3.05) is 46.4 Å². The zero-order valence-corrected chi connectivity index (χ0v) is 21.0. The van der Waals surface area contributed by atoms with Gasteiger partial charge in [0, 0.05) is 57.6 Å². The second-order valence-corrected chi connectivity index (χ2v) is 8.67. The van der Waals surface area contributed by atoms with Crippen LogP contribution in [0.5, 0.6) is 5.75 Å². The summed E-state index contributed by atoms with van der Waals surface area (Å²) >= 11 is 0. The van der Waals surface area contributed by atoms with Gasteiger partial charge in [0.25, 0.3) is 0 Å². The van der Waals surface area contributed by atoms with E-state index in [2.05, 4.69) is 10.00 Å². The number of amides is 2. The van der Waals surface area contributed by atoms with Crippen LogP contribution in [0.1, 0.15) is 30.7 Å². The first-order chi connectivity index (χ1) is 16.3. The minimum atomic E-state index is -0.277. The normalized spacial score (nSPS) is 17.0. The Hall–Kier alpha value is -2.91. The van der Waals surface area contributed by atoms with Crippen LogP contribution in [-0.2, 0) is 34.5 Å². The largest absolute Gasteiger partial charge is 0.497 e. The predicted octanol–water partition coefficient (Wildman–Crippen LogP) is 1.84. The van der Waals surface area contributed by atoms with Gasteiger partial charge in [0.05, 0.1) is 26.0 Å². The zero-order valence-electron chi connectivity index (χ0n) is 21.0. The van der Waals surface area contributed by atoms with Crippen molar-refractivity contribution in [1.82, 2.24) is 24.5 Å². The van der Waals surface area contributed by atoms with E-state index in [0.29, 0.717) is 39.3 Å². The van der Waals surface area contributed by atoms with Crippen molar-refractivity contribution in [2.24, 2.45) is 7.05 Å². The number of nitrogens with zero attached hydrogens (tertiary/aromatic N) is 5. The molecule has 2 amide bonds. The molecule has 0 N–H and O–H groups in total. The Kier molecular flexibility index (Phi) is 9.06. The van der Waals surface area contributed by atoms with Gasteiger partial charge in [0.1, 0.15) is 12.4 Å². The molecular weight excluding hydrogens is 434 g/mol. The highest BCUT2D eigenvalue weighted by Crippen LogP contribution is 2.18. The van der Waals surface area contributed by atoms with Gasteiger partial charge in [-0.15, -0.1) is 0 Å². The second kappa shape index (κ2) is 12.0. The van der Waals surface area contributed by atoms with E-state index >= 15 is 0 Å². The minimum Gasteiger partial charge on any atom is -0.497 e. The average molecular weight is 472 g/mol. The number of rotatable bonds is 10. The number of aromatic nitrogens is 2. The monoisotopic (exact) mass is 471 g/mol.